The van der Waals surface area contributed by atoms with Crippen LogP contribution in [0, 0.1) is 0 Å². The largest absolute Gasteiger partial charge is 0.495 e. The molecule has 6 nitrogen and oxygen atoms in total. The quantitative estimate of drug-likeness (QED) is 0.662. The van der Waals surface area contributed by atoms with Gasteiger partial charge in [0, 0.05) is 24.1 Å². The van der Waals surface area contributed by atoms with Gasteiger partial charge in [-0.1, -0.05) is 40.5 Å². The first-order chi connectivity index (χ1) is 12.6. The highest BCUT2D eigenvalue weighted by Gasteiger charge is 2.13. The fourth-order valence-electron chi connectivity index (χ4n) is 2.30. The van der Waals surface area contributed by atoms with Crippen molar-refractivity contribution in [1.29, 1.82) is 0 Å². The number of amides is 1. The highest BCUT2D eigenvalue weighted by Crippen LogP contribution is 2.27. The SMILES string of the molecule is COc1ccc(NC(=O)CCc2nc(-c3ccccc3Cl)no2)cc1Cl. The number of nitrogens with zero attached hydrogens (tertiary/aromatic N) is 2. The standard InChI is InChI=1S/C18H15Cl2N3O3/c1-25-15-7-6-11(10-14(15)20)21-16(24)8-9-17-22-18(23-26-17)12-4-2-3-5-13(12)19/h2-7,10H,8-9H2,1H3,(H,21,24). The highest BCUT2D eigenvalue weighted by atomic mass is 35.5. The second kappa shape index (κ2) is 8.21. The normalized spacial score (nSPS) is 10.6. The number of benzene rings is 2. The zero-order chi connectivity index (χ0) is 18.5. The Morgan fingerprint density at radius 2 is 2.00 bits per heavy atom. The van der Waals surface area contributed by atoms with E-state index < -0.39 is 0 Å². The second-order valence-corrected chi connectivity index (χ2v) is 6.20. The Kier molecular flexibility index (Phi) is 5.75. The van der Waals surface area contributed by atoms with Crippen LogP contribution in [-0.4, -0.2) is 23.2 Å². The van der Waals surface area contributed by atoms with Crippen molar-refractivity contribution in [1.82, 2.24) is 10.1 Å². The van der Waals surface area contributed by atoms with Crippen molar-refractivity contribution >= 4 is 34.8 Å². The average Bonchev–Trinajstić information content (AvgIpc) is 3.09. The van der Waals surface area contributed by atoms with Crippen molar-refractivity contribution in [2.75, 3.05) is 12.4 Å². The minimum atomic E-state index is -0.191. The first-order valence-electron chi connectivity index (χ1n) is 7.77. The van der Waals surface area contributed by atoms with E-state index in [4.69, 9.17) is 32.5 Å². The van der Waals surface area contributed by atoms with Gasteiger partial charge in [-0.3, -0.25) is 4.79 Å². The van der Waals surface area contributed by atoms with E-state index in [9.17, 15) is 4.79 Å². The lowest BCUT2D eigenvalue weighted by atomic mass is 10.2. The van der Waals surface area contributed by atoms with E-state index in [0.717, 1.165) is 0 Å². The number of hydrogen-bond donors (Lipinski definition) is 1. The molecule has 0 fully saturated rings. The maximum atomic E-state index is 12.1. The van der Waals surface area contributed by atoms with Crippen molar-refractivity contribution in [3.05, 3.63) is 58.4 Å². The Morgan fingerprint density at radius 1 is 1.19 bits per heavy atom. The molecule has 1 amide bonds. The van der Waals surface area contributed by atoms with Crippen molar-refractivity contribution < 1.29 is 14.1 Å². The van der Waals surface area contributed by atoms with E-state index in [-0.39, 0.29) is 12.3 Å². The van der Waals surface area contributed by atoms with Crippen molar-refractivity contribution in [2.45, 2.75) is 12.8 Å². The van der Waals surface area contributed by atoms with E-state index in [0.29, 0.717) is 45.2 Å². The van der Waals surface area contributed by atoms with Gasteiger partial charge in [-0.2, -0.15) is 4.98 Å². The molecule has 0 aliphatic heterocycles. The van der Waals surface area contributed by atoms with Crippen LogP contribution in [0.3, 0.4) is 0 Å². The summed E-state index contributed by atoms with van der Waals surface area (Å²) in [6, 6.07) is 12.2. The molecule has 0 saturated carbocycles. The number of rotatable bonds is 6. The molecular formula is C18H15Cl2N3O3. The van der Waals surface area contributed by atoms with Crippen LogP contribution in [0.2, 0.25) is 10.0 Å². The number of nitrogens with one attached hydrogen (secondary N) is 1. The third-order valence-electron chi connectivity index (χ3n) is 3.58. The van der Waals surface area contributed by atoms with Crippen LogP contribution in [0.4, 0.5) is 5.69 Å². The Hall–Kier alpha value is -2.57. The number of ether oxygens (including phenoxy) is 1. The fraction of sp³-hybridized carbons (Fsp3) is 0.167. The summed E-state index contributed by atoms with van der Waals surface area (Å²) in [5.74, 6) is 1.11. The number of halogens is 2. The lowest BCUT2D eigenvalue weighted by Crippen LogP contribution is -2.12. The number of anilines is 1. The van der Waals surface area contributed by atoms with Crippen LogP contribution in [0.25, 0.3) is 11.4 Å². The molecule has 3 aromatic rings. The van der Waals surface area contributed by atoms with Gasteiger partial charge in [-0.05, 0) is 30.3 Å². The first-order valence-corrected chi connectivity index (χ1v) is 8.53. The summed E-state index contributed by atoms with van der Waals surface area (Å²) in [7, 11) is 1.53. The Bertz CT molecular complexity index is 928. The summed E-state index contributed by atoms with van der Waals surface area (Å²) in [6.45, 7) is 0. The molecule has 1 aromatic heterocycles. The van der Waals surface area contributed by atoms with Gasteiger partial charge in [0.15, 0.2) is 0 Å². The van der Waals surface area contributed by atoms with Crippen molar-refractivity contribution in [3.63, 3.8) is 0 Å². The minimum absolute atomic E-state index is 0.188. The number of carbonyl (C=O) groups is 1. The Labute approximate surface area is 160 Å². The fourth-order valence-corrected chi connectivity index (χ4v) is 2.77. The molecule has 2 aromatic carbocycles. The molecule has 0 radical (unpaired) electrons. The summed E-state index contributed by atoms with van der Waals surface area (Å²) >= 11 is 12.2. The number of aryl methyl sites for hydroxylation is 1. The molecule has 134 valence electrons. The predicted molar refractivity (Wildman–Crippen MR) is 99.7 cm³/mol. The monoisotopic (exact) mass is 391 g/mol. The third kappa shape index (κ3) is 4.33. The smallest absolute Gasteiger partial charge is 0.227 e. The maximum absolute atomic E-state index is 12.1. The van der Waals surface area contributed by atoms with Crippen LogP contribution < -0.4 is 10.1 Å². The molecule has 0 unspecified atom stereocenters. The summed E-state index contributed by atoms with van der Waals surface area (Å²) in [5.41, 5.74) is 1.27. The van der Waals surface area contributed by atoms with Gasteiger partial charge >= 0.3 is 0 Å². The molecule has 0 aliphatic rings. The number of hydrogen-bond acceptors (Lipinski definition) is 5. The second-order valence-electron chi connectivity index (χ2n) is 5.39. The molecule has 3 rings (SSSR count). The van der Waals surface area contributed by atoms with Crippen LogP contribution in [-0.2, 0) is 11.2 Å². The number of aromatic nitrogens is 2. The van der Waals surface area contributed by atoms with Gasteiger partial charge < -0.3 is 14.6 Å². The molecule has 0 spiro atoms. The van der Waals surface area contributed by atoms with Crippen molar-refractivity contribution in [3.8, 4) is 17.1 Å². The topological polar surface area (TPSA) is 77.2 Å². The van der Waals surface area contributed by atoms with Crippen LogP contribution in [0.15, 0.2) is 47.0 Å². The van der Waals surface area contributed by atoms with Gasteiger partial charge in [0.25, 0.3) is 0 Å². The Balaban J connectivity index is 1.58. The summed E-state index contributed by atoms with van der Waals surface area (Å²) < 4.78 is 10.3. The van der Waals surface area contributed by atoms with Gasteiger partial charge in [-0.25, -0.2) is 0 Å². The molecular weight excluding hydrogens is 377 g/mol. The van der Waals surface area contributed by atoms with Gasteiger partial charge in [0.2, 0.25) is 17.6 Å². The molecule has 8 heteroatoms. The molecule has 1 N–H and O–H groups in total. The van der Waals surface area contributed by atoms with Crippen LogP contribution >= 0.6 is 23.2 Å². The lowest BCUT2D eigenvalue weighted by Gasteiger charge is -2.07. The summed E-state index contributed by atoms with van der Waals surface area (Å²) in [5, 5.41) is 7.63. The minimum Gasteiger partial charge on any atom is -0.495 e. The van der Waals surface area contributed by atoms with Gasteiger partial charge in [-0.15, -0.1) is 0 Å². The zero-order valence-corrected chi connectivity index (χ0v) is 15.3. The van der Waals surface area contributed by atoms with E-state index in [1.165, 1.54) is 7.11 Å². The van der Waals surface area contributed by atoms with Gasteiger partial charge in [0.05, 0.1) is 17.2 Å². The highest BCUT2D eigenvalue weighted by molar-refractivity contribution is 6.33. The molecule has 0 saturated heterocycles. The van der Waals surface area contributed by atoms with Crippen molar-refractivity contribution in [2.24, 2.45) is 0 Å². The van der Waals surface area contributed by atoms with Gasteiger partial charge in [0.1, 0.15) is 5.75 Å². The number of methoxy groups -OCH3 is 1. The molecule has 0 atom stereocenters. The summed E-state index contributed by atoms with van der Waals surface area (Å²) in [6.07, 6.45) is 0.501. The van der Waals surface area contributed by atoms with E-state index in [1.54, 1.807) is 30.3 Å². The molecule has 1 heterocycles. The maximum Gasteiger partial charge on any atom is 0.227 e. The molecule has 0 bridgehead atoms. The molecule has 0 aliphatic carbocycles. The van der Waals surface area contributed by atoms with E-state index >= 15 is 0 Å². The first kappa shape index (κ1) is 18.2. The average molecular weight is 392 g/mol. The van der Waals surface area contributed by atoms with Crippen LogP contribution in [0.5, 0.6) is 5.75 Å². The summed E-state index contributed by atoms with van der Waals surface area (Å²) in [4.78, 5) is 16.4. The zero-order valence-electron chi connectivity index (χ0n) is 13.8. The molecule has 26 heavy (non-hydrogen) atoms. The van der Waals surface area contributed by atoms with E-state index in [1.807, 2.05) is 12.1 Å². The lowest BCUT2D eigenvalue weighted by molar-refractivity contribution is -0.116. The third-order valence-corrected chi connectivity index (χ3v) is 4.21. The number of carbonyl (C=O) groups excluding carboxylic acids is 1. The Morgan fingerprint density at radius 3 is 2.73 bits per heavy atom. The van der Waals surface area contributed by atoms with Crippen LogP contribution in [0.1, 0.15) is 12.3 Å². The predicted octanol–water partition coefficient (Wildman–Crippen LogP) is 4.62. The van der Waals surface area contributed by atoms with E-state index in [2.05, 4.69) is 15.5 Å².